The van der Waals surface area contributed by atoms with Gasteiger partial charge in [0.15, 0.2) is 5.82 Å². The normalized spacial score (nSPS) is 18.8. The molecule has 0 unspecified atom stereocenters. The van der Waals surface area contributed by atoms with E-state index in [0.717, 1.165) is 37.4 Å². The molecule has 2 aromatic heterocycles. The van der Waals surface area contributed by atoms with Crippen LogP contribution in [0.25, 0.3) is 5.52 Å². The van der Waals surface area contributed by atoms with Crippen LogP contribution in [-0.4, -0.2) is 34.1 Å². The lowest BCUT2D eigenvalue weighted by Gasteiger charge is -2.39. The lowest BCUT2D eigenvalue weighted by Crippen LogP contribution is -2.48. The van der Waals surface area contributed by atoms with Gasteiger partial charge in [-0.1, -0.05) is 0 Å². The van der Waals surface area contributed by atoms with E-state index in [-0.39, 0.29) is 29.4 Å². The molecule has 0 amide bonds. The Labute approximate surface area is 168 Å². The van der Waals surface area contributed by atoms with Crippen LogP contribution < -0.4 is 16.2 Å². The molecule has 2 aromatic rings. The summed E-state index contributed by atoms with van der Waals surface area (Å²) in [5.41, 5.74) is 7.61. The van der Waals surface area contributed by atoms with Crippen molar-refractivity contribution in [3.05, 3.63) is 45.1 Å². The SMILES string of the molecule is Cc1c(N2CCC(C)(N)CC2)c(F)cn2c(=O)c(C(=O)O)cc(C3CC3)c12.Cl. The molecule has 1 saturated carbocycles. The van der Waals surface area contributed by atoms with E-state index in [1.165, 1.54) is 10.5 Å². The fraction of sp³-hybridized carbons (Fsp3) is 0.500. The molecule has 0 radical (unpaired) electrons. The highest BCUT2D eigenvalue weighted by molar-refractivity contribution is 5.89. The number of piperidine rings is 1. The average molecular weight is 410 g/mol. The maximum absolute atomic E-state index is 15.0. The predicted molar refractivity (Wildman–Crippen MR) is 109 cm³/mol. The topological polar surface area (TPSA) is 88.0 Å². The molecule has 152 valence electrons. The number of carboxylic acids is 1. The Bertz CT molecular complexity index is 1000. The van der Waals surface area contributed by atoms with Crippen LogP contribution in [0.3, 0.4) is 0 Å². The van der Waals surface area contributed by atoms with E-state index in [1.54, 1.807) is 0 Å². The molecule has 2 fully saturated rings. The summed E-state index contributed by atoms with van der Waals surface area (Å²) in [6.07, 6.45) is 4.58. The van der Waals surface area contributed by atoms with Gasteiger partial charge in [-0.05, 0) is 62.6 Å². The number of pyridine rings is 2. The Morgan fingerprint density at radius 1 is 1.32 bits per heavy atom. The molecule has 3 heterocycles. The van der Waals surface area contributed by atoms with E-state index in [0.29, 0.717) is 29.9 Å². The Morgan fingerprint density at radius 3 is 2.46 bits per heavy atom. The van der Waals surface area contributed by atoms with Gasteiger partial charge in [0.1, 0.15) is 5.56 Å². The van der Waals surface area contributed by atoms with Crippen molar-refractivity contribution in [3.63, 3.8) is 0 Å². The van der Waals surface area contributed by atoms with Crippen molar-refractivity contribution in [2.45, 2.75) is 51.0 Å². The monoisotopic (exact) mass is 409 g/mol. The summed E-state index contributed by atoms with van der Waals surface area (Å²) < 4.78 is 16.2. The number of nitrogens with two attached hydrogens (primary N) is 1. The maximum Gasteiger partial charge on any atom is 0.341 e. The van der Waals surface area contributed by atoms with E-state index in [1.807, 2.05) is 18.7 Å². The molecule has 2 aliphatic rings. The number of anilines is 1. The number of carbonyl (C=O) groups is 1. The molecule has 0 spiro atoms. The number of halogens is 2. The first-order valence-electron chi connectivity index (χ1n) is 9.35. The number of rotatable bonds is 3. The van der Waals surface area contributed by atoms with Crippen LogP contribution >= 0.6 is 12.4 Å². The zero-order chi connectivity index (χ0) is 19.5. The Morgan fingerprint density at radius 2 is 1.93 bits per heavy atom. The minimum Gasteiger partial charge on any atom is -0.477 e. The second-order valence-electron chi connectivity index (χ2n) is 8.21. The lowest BCUT2D eigenvalue weighted by molar-refractivity contribution is 0.0694. The van der Waals surface area contributed by atoms with Crippen molar-refractivity contribution in [2.24, 2.45) is 5.73 Å². The summed E-state index contributed by atoms with van der Waals surface area (Å²) >= 11 is 0. The minimum absolute atomic E-state index is 0. The maximum atomic E-state index is 15.0. The lowest BCUT2D eigenvalue weighted by atomic mass is 9.90. The van der Waals surface area contributed by atoms with Crippen molar-refractivity contribution < 1.29 is 14.3 Å². The van der Waals surface area contributed by atoms with Gasteiger partial charge in [0.05, 0.1) is 17.4 Å². The molecular weight excluding hydrogens is 385 g/mol. The van der Waals surface area contributed by atoms with Crippen LogP contribution in [0.5, 0.6) is 0 Å². The zero-order valence-electron chi connectivity index (χ0n) is 16.0. The van der Waals surface area contributed by atoms with E-state index in [2.05, 4.69) is 0 Å². The van der Waals surface area contributed by atoms with Crippen molar-refractivity contribution >= 4 is 29.6 Å². The molecule has 4 rings (SSSR count). The smallest absolute Gasteiger partial charge is 0.341 e. The number of hydrogen-bond acceptors (Lipinski definition) is 4. The third-order valence-corrected chi connectivity index (χ3v) is 5.91. The van der Waals surface area contributed by atoms with E-state index in [9.17, 15) is 14.7 Å². The van der Waals surface area contributed by atoms with Crippen molar-refractivity contribution in [3.8, 4) is 0 Å². The molecular formula is C20H25ClFN3O3. The number of carboxylic acid groups (broad SMARTS) is 1. The molecule has 1 aliphatic carbocycles. The second-order valence-corrected chi connectivity index (χ2v) is 8.21. The van der Waals surface area contributed by atoms with Gasteiger partial charge >= 0.3 is 5.97 Å². The summed E-state index contributed by atoms with van der Waals surface area (Å²) in [6, 6.07) is 1.49. The van der Waals surface area contributed by atoms with Gasteiger partial charge in [0.25, 0.3) is 5.56 Å². The zero-order valence-corrected chi connectivity index (χ0v) is 16.8. The second kappa shape index (κ2) is 7.04. The molecule has 1 aliphatic heterocycles. The van der Waals surface area contributed by atoms with Crippen LogP contribution in [0.4, 0.5) is 10.1 Å². The highest BCUT2D eigenvalue weighted by Gasteiger charge is 2.32. The number of aromatic carboxylic acids is 1. The van der Waals surface area contributed by atoms with E-state index < -0.39 is 17.3 Å². The minimum atomic E-state index is -1.28. The number of fused-ring (bicyclic) bond motifs is 1. The van der Waals surface area contributed by atoms with Gasteiger partial charge in [0, 0.05) is 18.6 Å². The van der Waals surface area contributed by atoms with Gasteiger partial charge in [0.2, 0.25) is 0 Å². The van der Waals surface area contributed by atoms with Crippen molar-refractivity contribution in [1.29, 1.82) is 0 Å². The van der Waals surface area contributed by atoms with Gasteiger partial charge < -0.3 is 15.7 Å². The van der Waals surface area contributed by atoms with Crippen LogP contribution in [0.2, 0.25) is 0 Å². The highest BCUT2D eigenvalue weighted by Crippen LogP contribution is 2.44. The van der Waals surface area contributed by atoms with Crippen molar-refractivity contribution in [1.82, 2.24) is 4.40 Å². The molecule has 3 N–H and O–H groups in total. The number of nitrogens with zero attached hydrogens (tertiary/aromatic N) is 2. The van der Waals surface area contributed by atoms with Crippen molar-refractivity contribution in [2.75, 3.05) is 18.0 Å². The third kappa shape index (κ3) is 3.37. The fourth-order valence-corrected chi connectivity index (χ4v) is 4.13. The molecule has 28 heavy (non-hydrogen) atoms. The third-order valence-electron chi connectivity index (χ3n) is 5.91. The Kier molecular flexibility index (Phi) is 5.18. The fourth-order valence-electron chi connectivity index (χ4n) is 4.13. The van der Waals surface area contributed by atoms with Gasteiger partial charge in [-0.2, -0.15) is 0 Å². The highest BCUT2D eigenvalue weighted by atomic mass is 35.5. The molecule has 8 heteroatoms. The molecule has 0 aromatic carbocycles. The first-order valence-corrected chi connectivity index (χ1v) is 9.35. The summed E-state index contributed by atoms with van der Waals surface area (Å²) in [6.45, 7) is 5.12. The first kappa shape index (κ1) is 20.6. The van der Waals surface area contributed by atoms with Gasteiger partial charge in [-0.3, -0.25) is 9.20 Å². The summed E-state index contributed by atoms with van der Waals surface area (Å²) in [7, 11) is 0. The molecule has 0 bridgehead atoms. The van der Waals surface area contributed by atoms with Crippen LogP contribution in [0.15, 0.2) is 17.1 Å². The largest absolute Gasteiger partial charge is 0.477 e. The standard InChI is InChI=1S/C20H24FN3O3.ClH/c1-11-16-13(12-3-4-12)9-14(19(26)27)18(25)24(16)10-15(21)17(11)23-7-5-20(2,22)6-8-23;/h9-10,12H,3-8,22H2,1-2H3,(H,26,27);1H. The summed E-state index contributed by atoms with van der Waals surface area (Å²) in [5.74, 6) is -1.56. The van der Waals surface area contributed by atoms with E-state index in [4.69, 9.17) is 5.73 Å². The number of aryl methyl sites for hydroxylation is 1. The Balaban J connectivity index is 0.00000225. The van der Waals surface area contributed by atoms with Gasteiger partial charge in [-0.25, -0.2) is 9.18 Å². The van der Waals surface area contributed by atoms with Gasteiger partial charge in [-0.15, -0.1) is 12.4 Å². The first-order chi connectivity index (χ1) is 12.7. The van der Waals surface area contributed by atoms with E-state index >= 15 is 4.39 Å². The van der Waals surface area contributed by atoms with Crippen LogP contribution in [0.1, 0.15) is 60.0 Å². The number of hydrogen-bond donors (Lipinski definition) is 2. The van der Waals surface area contributed by atoms with Crippen LogP contribution in [0, 0.1) is 12.7 Å². The Hall–Kier alpha value is -2.12. The van der Waals surface area contributed by atoms with Crippen LogP contribution in [-0.2, 0) is 0 Å². The average Bonchev–Trinajstić information content (AvgIpc) is 3.41. The quantitative estimate of drug-likeness (QED) is 0.813. The molecule has 1 saturated heterocycles. The molecule has 6 nitrogen and oxygen atoms in total. The summed E-state index contributed by atoms with van der Waals surface area (Å²) in [5, 5.41) is 9.37. The number of aromatic nitrogens is 1. The predicted octanol–water partition coefficient (Wildman–Crippen LogP) is 3.06. The summed E-state index contributed by atoms with van der Waals surface area (Å²) in [4.78, 5) is 26.1. The molecule has 0 atom stereocenters.